The molecule has 0 saturated carbocycles. The molecular weight excluding hydrogens is 542 g/mol. The molecule has 0 bridgehead atoms. The van der Waals surface area contributed by atoms with E-state index in [0.717, 1.165) is 17.8 Å². The highest BCUT2D eigenvalue weighted by molar-refractivity contribution is 9.10. The average Bonchev–Trinajstić information content (AvgIpc) is 3.05. The maximum Gasteiger partial charge on any atom is 0.300 e. The Morgan fingerprint density at radius 1 is 1.24 bits per heavy atom. The summed E-state index contributed by atoms with van der Waals surface area (Å²) in [5.74, 6) is -0.383. The minimum absolute atomic E-state index is 0.134. The summed E-state index contributed by atoms with van der Waals surface area (Å²) >= 11 is 9.89. The highest BCUT2D eigenvalue weighted by Gasteiger charge is 2.32. The third kappa shape index (κ3) is 6.10. The van der Waals surface area contributed by atoms with Crippen LogP contribution >= 0.6 is 39.9 Å². The van der Waals surface area contributed by atoms with Crippen molar-refractivity contribution < 1.29 is 19.4 Å². The van der Waals surface area contributed by atoms with E-state index in [1.54, 1.807) is 41.4 Å². The van der Waals surface area contributed by atoms with Gasteiger partial charge < -0.3 is 9.84 Å². The zero-order valence-corrected chi connectivity index (χ0v) is 21.4. The van der Waals surface area contributed by atoms with Gasteiger partial charge in [-0.2, -0.15) is 4.98 Å². The van der Waals surface area contributed by atoms with E-state index >= 15 is 0 Å². The van der Waals surface area contributed by atoms with Gasteiger partial charge in [0.2, 0.25) is 5.88 Å². The van der Waals surface area contributed by atoms with Gasteiger partial charge in [0.05, 0.1) is 4.91 Å². The fraction of sp³-hybridized carbons (Fsp3) is 0.174. The van der Waals surface area contributed by atoms with Crippen molar-refractivity contribution in [2.75, 3.05) is 6.54 Å². The number of carbonyl (C=O) groups is 2. The summed E-state index contributed by atoms with van der Waals surface area (Å²) in [7, 11) is 0. The molecule has 4 rings (SSSR count). The highest BCUT2D eigenvalue weighted by Crippen LogP contribution is 2.34. The minimum atomic E-state index is -0.833. The molecule has 0 spiro atoms. The molecule has 1 saturated heterocycles. The predicted molar refractivity (Wildman–Crippen MR) is 139 cm³/mol. The Bertz CT molecular complexity index is 1330. The number of aliphatic carboxylic acids is 1. The van der Waals surface area contributed by atoms with Crippen LogP contribution in [0, 0.1) is 0 Å². The standard InChI is InChI=1S/C21H16BrN3O3S2.C2H4O2/c1-2-10-25-20(27)16(30-21(25)29)12-15-18(28-14-8-6-13(22)7-9-14)23-17-5-3-4-11-24(17)19(15)26;1-2(3)4/h3-9,11-12H,2,10H2,1H3;1H3,(H,3,4)/b16-12+;. The first-order valence-electron chi connectivity index (χ1n) is 10.1. The van der Waals surface area contributed by atoms with E-state index in [9.17, 15) is 9.59 Å². The molecule has 3 aromatic rings. The first-order chi connectivity index (χ1) is 16.2. The topological polar surface area (TPSA) is 101 Å². The number of carbonyl (C=O) groups excluding carboxylic acids is 1. The van der Waals surface area contributed by atoms with Crippen molar-refractivity contribution in [3.63, 3.8) is 0 Å². The second-order valence-corrected chi connectivity index (χ2v) is 9.56. The van der Waals surface area contributed by atoms with Gasteiger partial charge >= 0.3 is 0 Å². The van der Waals surface area contributed by atoms with Crippen molar-refractivity contribution in [2.45, 2.75) is 20.3 Å². The number of hydrogen-bond acceptors (Lipinski definition) is 7. The number of ether oxygens (including phenoxy) is 1. The van der Waals surface area contributed by atoms with Crippen LogP contribution in [0.2, 0.25) is 0 Å². The lowest BCUT2D eigenvalue weighted by Gasteiger charge is -2.12. The molecule has 1 N–H and O–H groups in total. The number of thioether (sulfide) groups is 1. The highest BCUT2D eigenvalue weighted by atomic mass is 79.9. The lowest BCUT2D eigenvalue weighted by Crippen LogP contribution is -2.28. The number of halogens is 1. The Hall–Kier alpha value is -3.02. The molecular formula is C23H20BrN3O5S2. The quantitative estimate of drug-likeness (QED) is 0.345. The fourth-order valence-corrected chi connectivity index (χ4v) is 4.50. The van der Waals surface area contributed by atoms with Gasteiger partial charge in [-0.1, -0.05) is 52.9 Å². The Kier molecular flexibility index (Phi) is 8.59. The second-order valence-electron chi connectivity index (χ2n) is 6.97. The lowest BCUT2D eigenvalue weighted by molar-refractivity contribution is -0.134. The van der Waals surface area contributed by atoms with Crippen LogP contribution in [-0.2, 0) is 9.59 Å². The summed E-state index contributed by atoms with van der Waals surface area (Å²) in [4.78, 5) is 41.4. The third-order valence-corrected chi connectivity index (χ3v) is 6.26. The second kappa shape index (κ2) is 11.4. The Morgan fingerprint density at radius 3 is 2.56 bits per heavy atom. The minimum Gasteiger partial charge on any atom is -0.481 e. The van der Waals surface area contributed by atoms with Crippen LogP contribution in [0.1, 0.15) is 25.8 Å². The van der Waals surface area contributed by atoms with Crippen LogP contribution in [0.15, 0.2) is 62.8 Å². The van der Waals surface area contributed by atoms with Crippen LogP contribution in [0.4, 0.5) is 0 Å². The molecule has 1 aliphatic heterocycles. The van der Waals surface area contributed by atoms with Crippen LogP contribution in [0.5, 0.6) is 11.6 Å². The molecule has 1 amide bonds. The summed E-state index contributed by atoms with van der Waals surface area (Å²) in [5.41, 5.74) is 0.317. The number of hydrogen-bond donors (Lipinski definition) is 1. The average molecular weight is 562 g/mol. The number of benzene rings is 1. The van der Waals surface area contributed by atoms with Crippen LogP contribution in [-0.4, -0.2) is 42.1 Å². The van der Waals surface area contributed by atoms with Crippen molar-refractivity contribution in [3.8, 4) is 11.6 Å². The number of rotatable bonds is 5. The molecule has 176 valence electrons. The number of carboxylic acid groups (broad SMARTS) is 1. The zero-order valence-electron chi connectivity index (χ0n) is 18.2. The van der Waals surface area contributed by atoms with Gasteiger partial charge in [0, 0.05) is 24.1 Å². The van der Waals surface area contributed by atoms with Crippen molar-refractivity contribution >= 4 is 67.8 Å². The summed E-state index contributed by atoms with van der Waals surface area (Å²) in [6.07, 6.45) is 3.95. The van der Waals surface area contributed by atoms with Crippen molar-refractivity contribution in [1.29, 1.82) is 0 Å². The van der Waals surface area contributed by atoms with E-state index in [0.29, 0.717) is 27.2 Å². The summed E-state index contributed by atoms with van der Waals surface area (Å²) in [6.45, 7) is 3.60. The summed E-state index contributed by atoms with van der Waals surface area (Å²) in [6, 6.07) is 12.5. The van der Waals surface area contributed by atoms with Crippen LogP contribution < -0.4 is 10.3 Å². The Labute approximate surface area is 213 Å². The normalized spacial score (nSPS) is 14.3. The molecule has 3 heterocycles. The molecule has 1 aliphatic rings. The van der Waals surface area contributed by atoms with Crippen LogP contribution in [0.3, 0.4) is 0 Å². The van der Waals surface area contributed by atoms with E-state index in [-0.39, 0.29) is 22.9 Å². The molecule has 0 aliphatic carbocycles. The lowest BCUT2D eigenvalue weighted by atomic mass is 10.2. The van der Waals surface area contributed by atoms with Crippen molar-refractivity contribution in [2.24, 2.45) is 0 Å². The monoisotopic (exact) mass is 561 g/mol. The largest absolute Gasteiger partial charge is 0.481 e. The van der Waals surface area contributed by atoms with E-state index in [1.165, 1.54) is 22.2 Å². The number of thiocarbonyl (C=S) groups is 1. The smallest absolute Gasteiger partial charge is 0.300 e. The van der Waals surface area contributed by atoms with E-state index in [1.807, 2.05) is 19.1 Å². The number of fused-ring (bicyclic) bond motifs is 1. The number of pyridine rings is 1. The van der Waals surface area contributed by atoms with Crippen molar-refractivity contribution in [3.05, 3.63) is 74.0 Å². The number of carboxylic acids is 1. The van der Waals surface area contributed by atoms with Gasteiger partial charge in [-0.05, 0) is 48.9 Å². The van der Waals surface area contributed by atoms with Gasteiger partial charge in [0.25, 0.3) is 17.4 Å². The van der Waals surface area contributed by atoms with Gasteiger partial charge in [0.1, 0.15) is 21.3 Å². The van der Waals surface area contributed by atoms with Crippen LogP contribution in [0.25, 0.3) is 11.7 Å². The molecule has 0 unspecified atom stereocenters. The molecule has 0 radical (unpaired) electrons. The fourth-order valence-electron chi connectivity index (χ4n) is 2.95. The number of nitrogens with zero attached hydrogens (tertiary/aromatic N) is 3. The van der Waals surface area contributed by atoms with Gasteiger partial charge in [-0.25, -0.2) is 0 Å². The van der Waals surface area contributed by atoms with E-state index < -0.39 is 5.97 Å². The number of amides is 1. The molecule has 8 nitrogen and oxygen atoms in total. The molecule has 1 fully saturated rings. The first kappa shape index (κ1) is 25.6. The Morgan fingerprint density at radius 2 is 1.91 bits per heavy atom. The van der Waals surface area contributed by atoms with E-state index in [4.69, 9.17) is 26.9 Å². The number of aromatic nitrogens is 2. The zero-order chi connectivity index (χ0) is 24.8. The molecule has 2 aromatic heterocycles. The van der Waals surface area contributed by atoms with Gasteiger partial charge in [-0.15, -0.1) is 0 Å². The summed E-state index contributed by atoms with van der Waals surface area (Å²) in [5, 5.41) is 7.42. The predicted octanol–water partition coefficient (Wildman–Crippen LogP) is 4.95. The third-order valence-electron chi connectivity index (χ3n) is 4.36. The first-order valence-corrected chi connectivity index (χ1v) is 12.1. The molecule has 0 atom stereocenters. The maximum atomic E-state index is 13.2. The summed E-state index contributed by atoms with van der Waals surface area (Å²) < 4.78 is 8.75. The molecule has 11 heteroatoms. The van der Waals surface area contributed by atoms with E-state index in [2.05, 4.69) is 20.9 Å². The van der Waals surface area contributed by atoms with Gasteiger partial charge in [0.15, 0.2) is 0 Å². The van der Waals surface area contributed by atoms with Gasteiger partial charge in [-0.3, -0.25) is 23.7 Å². The molecule has 34 heavy (non-hydrogen) atoms. The molecule has 1 aromatic carbocycles. The Balaban J connectivity index is 0.000000751. The van der Waals surface area contributed by atoms with Crippen molar-refractivity contribution in [1.82, 2.24) is 14.3 Å². The maximum absolute atomic E-state index is 13.2. The SMILES string of the molecule is CC(=O)O.CCCN1C(=O)/C(=C\c2c(Oc3ccc(Br)cc3)nc3ccccn3c2=O)SC1=S.